The minimum atomic E-state index is -3.38. The van der Waals surface area contributed by atoms with Crippen LogP contribution in [0.3, 0.4) is 0 Å². The van der Waals surface area contributed by atoms with Gasteiger partial charge in [0.15, 0.2) is 9.84 Å². The smallest absolute Gasteiger partial charge is 0.303 e. The molecule has 0 bridgehead atoms. The Morgan fingerprint density at radius 1 is 1.02 bits per heavy atom. The Morgan fingerprint density at radius 2 is 1.74 bits per heavy atom. The highest BCUT2D eigenvalue weighted by atomic mass is 32.2. The Kier molecular flexibility index (Phi) is 7.99. The van der Waals surface area contributed by atoms with Crippen molar-refractivity contribution in [1.82, 2.24) is 0 Å². The van der Waals surface area contributed by atoms with Crippen molar-refractivity contribution in [2.45, 2.75) is 115 Å². The summed E-state index contributed by atoms with van der Waals surface area (Å²) in [5, 5.41) is 9.38. The monoisotopic (exact) mass is 596 g/mol. The van der Waals surface area contributed by atoms with Gasteiger partial charge in [0, 0.05) is 6.42 Å². The highest BCUT2D eigenvalue weighted by Crippen LogP contribution is 2.70. The fourth-order valence-corrected chi connectivity index (χ4v) is 12.7. The van der Waals surface area contributed by atoms with Crippen molar-refractivity contribution in [3.05, 3.63) is 42.0 Å². The maximum Gasteiger partial charge on any atom is 0.303 e. The van der Waals surface area contributed by atoms with Crippen LogP contribution in [0.15, 0.2) is 41.3 Å². The summed E-state index contributed by atoms with van der Waals surface area (Å²) >= 11 is 0. The molecule has 42 heavy (non-hydrogen) atoms. The number of rotatable bonds is 8. The molecule has 1 aliphatic heterocycles. The zero-order chi connectivity index (χ0) is 30.0. The number of sulfone groups is 1. The van der Waals surface area contributed by atoms with E-state index in [9.17, 15) is 18.3 Å². The molecule has 1 saturated heterocycles. The number of benzene rings is 1. The van der Waals surface area contributed by atoms with Gasteiger partial charge in [-0.3, -0.25) is 4.79 Å². The van der Waals surface area contributed by atoms with E-state index >= 15 is 0 Å². The summed E-state index contributed by atoms with van der Waals surface area (Å²) in [6, 6.07) is 7.10. The number of fused-ring (bicyclic) bond motifs is 7. The second-order valence-electron chi connectivity index (χ2n) is 15.6. The molecule has 0 amide bonds. The molecule has 5 fully saturated rings. The average Bonchev–Trinajstić information content (AvgIpc) is 3.40. The van der Waals surface area contributed by atoms with Crippen LogP contribution in [0.4, 0.5) is 0 Å². The number of aliphatic carboxylic acids is 1. The summed E-state index contributed by atoms with van der Waals surface area (Å²) in [5.41, 5.74) is 2.51. The third kappa shape index (κ3) is 5.21. The van der Waals surface area contributed by atoms with E-state index in [4.69, 9.17) is 4.74 Å². The van der Waals surface area contributed by atoms with Gasteiger partial charge in [-0.05, 0) is 136 Å². The van der Waals surface area contributed by atoms with Crippen molar-refractivity contribution >= 4 is 15.8 Å². The van der Waals surface area contributed by atoms with Crippen LogP contribution in [0.25, 0.3) is 0 Å². The molecule has 6 rings (SSSR count). The molecular weight excluding hydrogens is 544 g/mol. The fourth-order valence-electron chi connectivity index (χ4n) is 11.3. The van der Waals surface area contributed by atoms with Crippen LogP contribution in [-0.4, -0.2) is 37.5 Å². The topological polar surface area (TPSA) is 80.7 Å². The lowest BCUT2D eigenvalue weighted by Crippen LogP contribution is -2.54. The van der Waals surface area contributed by atoms with Crippen molar-refractivity contribution < 1.29 is 23.1 Å². The lowest BCUT2D eigenvalue weighted by atomic mass is 9.44. The summed E-state index contributed by atoms with van der Waals surface area (Å²) in [7, 11) is -3.38. The first kappa shape index (κ1) is 30.4. The van der Waals surface area contributed by atoms with Gasteiger partial charge in [0.05, 0.1) is 22.9 Å². The highest BCUT2D eigenvalue weighted by molar-refractivity contribution is 7.91. The molecule has 1 aromatic rings. The first-order valence-corrected chi connectivity index (χ1v) is 18.3. The normalized spacial score (nSPS) is 42.7. The van der Waals surface area contributed by atoms with E-state index in [0.717, 1.165) is 48.2 Å². The molecule has 11 atom stereocenters. The minimum Gasteiger partial charge on any atom is -0.481 e. The van der Waals surface area contributed by atoms with Gasteiger partial charge in [-0.15, -0.1) is 0 Å². The Bertz CT molecular complexity index is 1300. The van der Waals surface area contributed by atoms with Crippen LogP contribution in [0.2, 0.25) is 0 Å². The van der Waals surface area contributed by atoms with Gasteiger partial charge in [-0.2, -0.15) is 0 Å². The minimum absolute atomic E-state index is 0.00366. The lowest BCUT2D eigenvalue weighted by Gasteiger charge is -2.61. The molecule has 5 nitrogen and oxygen atoms in total. The number of hydrogen-bond donors (Lipinski definition) is 1. The molecule has 6 heteroatoms. The van der Waals surface area contributed by atoms with E-state index in [1.54, 1.807) is 12.1 Å². The maximum atomic E-state index is 12.9. The van der Waals surface area contributed by atoms with E-state index in [1.165, 1.54) is 38.5 Å². The first-order valence-electron chi connectivity index (χ1n) is 16.6. The SMILES string of the molecule is C=C(CCC1O[C@H]2C[C@H]3[C@@H]4CCC5CC(CC(=O)O)CC[C@]5(C)[C@H]4CC[C@]3(C)[C@H]2[C@@H]1C)CS(=O)(=O)c1ccc(C)cc1. The molecule has 1 N–H and O–H groups in total. The molecule has 232 valence electrons. The molecule has 5 aliphatic rings. The van der Waals surface area contributed by atoms with Gasteiger partial charge in [-0.25, -0.2) is 8.42 Å². The summed E-state index contributed by atoms with van der Waals surface area (Å²) in [5.74, 6) is 3.73. The van der Waals surface area contributed by atoms with Crippen LogP contribution in [0, 0.1) is 59.2 Å². The third-order valence-electron chi connectivity index (χ3n) is 13.4. The highest BCUT2D eigenvalue weighted by Gasteiger charge is 2.65. The number of aryl methyl sites for hydroxylation is 1. The average molecular weight is 597 g/mol. The Balaban J connectivity index is 1.07. The van der Waals surface area contributed by atoms with Gasteiger partial charge in [0.2, 0.25) is 0 Å². The van der Waals surface area contributed by atoms with Gasteiger partial charge in [-0.1, -0.05) is 50.6 Å². The van der Waals surface area contributed by atoms with Crippen LogP contribution >= 0.6 is 0 Å². The van der Waals surface area contributed by atoms with E-state index in [1.807, 2.05) is 19.1 Å². The summed E-state index contributed by atoms with van der Waals surface area (Å²) in [4.78, 5) is 11.8. The Labute approximate surface area is 253 Å². The summed E-state index contributed by atoms with van der Waals surface area (Å²) in [6.07, 6.45) is 12.1. The van der Waals surface area contributed by atoms with Crippen molar-refractivity contribution in [3.63, 3.8) is 0 Å². The number of carboxylic acid groups (broad SMARTS) is 1. The Hall–Kier alpha value is -1.66. The van der Waals surface area contributed by atoms with Crippen LogP contribution in [0.5, 0.6) is 0 Å². The molecule has 0 aromatic heterocycles. The van der Waals surface area contributed by atoms with Crippen molar-refractivity contribution in [3.8, 4) is 0 Å². The summed E-state index contributed by atoms with van der Waals surface area (Å²) in [6.45, 7) is 13.6. The molecule has 3 unspecified atom stereocenters. The molecule has 4 aliphatic carbocycles. The van der Waals surface area contributed by atoms with Gasteiger partial charge >= 0.3 is 5.97 Å². The van der Waals surface area contributed by atoms with Crippen LogP contribution in [-0.2, 0) is 19.4 Å². The predicted molar refractivity (Wildman–Crippen MR) is 166 cm³/mol. The molecule has 4 saturated carbocycles. The number of carboxylic acids is 1. The van der Waals surface area contributed by atoms with Crippen molar-refractivity contribution in [1.29, 1.82) is 0 Å². The lowest BCUT2D eigenvalue weighted by molar-refractivity contribution is -0.142. The van der Waals surface area contributed by atoms with Gasteiger partial charge in [0.1, 0.15) is 0 Å². The summed E-state index contributed by atoms with van der Waals surface area (Å²) < 4.78 is 32.7. The van der Waals surface area contributed by atoms with E-state index in [0.29, 0.717) is 58.3 Å². The van der Waals surface area contributed by atoms with E-state index < -0.39 is 15.8 Å². The predicted octanol–water partition coefficient (Wildman–Crippen LogP) is 7.87. The van der Waals surface area contributed by atoms with E-state index in [-0.39, 0.29) is 11.9 Å². The van der Waals surface area contributed by atoms with Crippen molar-refractivity contribution in [2.75, 3.05) is 5.75 Å². The number of ether oxygens (including phenoxy) is 1. The van der Waals surface area contributed by atoms with Crippen LogP contribution < -0.4 is 0 Å². The van der Waals surface area contributed by atoms with E-state index in [2.05, 4.69) is 27.4 Å². The van der Waals surface area contributed by atoms with Crippen LogP contribution in [0.1, 0.15) is 97.0 Å². The number of hydrogen-bond acceptors (Lipinski definition) is 4. The van der Waals surface area contributed by atoms with Gasteiger partial charge < -0.3 is 9.84 Å². The molecule has 0 radical (unpaired) electrons. The zero-order valence-electron chi connectivity index (χ0n) is 26.2. The molecular formula is C36H52O5S. The standard InChI is InChI=1S/C36H52O5S/c1-22-6-10-27(11-7-22)42(39,40)21-23(2)8-13-31-24(3)34-32(41-31)20-30-28-12-9-26-18-25(19-33(37)38)14-16-35(26,4)29(28)15-17-36(30,34)5/h6-7,10-11,24-26,28-32,34H,2,8-9,12-21H2,1,3-5H3,(H,37,38)/t24-,25?,26?,28-,29+,30+,31?,32+,34+,35+,36+/m1/s1. The van der Waals surface area contributed by atoms with Gasteiger partial charge in [0.25, 0.3) is 0 Å². The zero-order valence-corrected chi connectivity index (χ0v) is 27.0. The molecule has 1 heterocycles. The molecule has 0 spiro atoms. The first-order chi connectivity index (χ1) is 19.8. The Morgan fingerprint density at radius 3 is 2.45 bits per heavy atom. The second kappa shape index (κ2) is 11.1. The van der Waals surface area contributed by atoms with Crippen molar-refractivity contribution in [2.24, 2.45) is 52.3 Å². The third-order valence-corrected chi connectivity index (χ3v) is 15.2. The second-order valence-corrected chi connectivity index (χ2v) is 17.6. The quantitative estimate of drug-likeness (QED) is 0.309. The maximum absolute atomic E-state index is 12.9. The largest absolute Gasteiger partial charge is 0.481 e. The number of carbonyl (C=O) groups is 1. The molecule has 1 aromatic carbocycles. The fraction of sp³-hybridized carbons (Fsp3) is 0.750.